The van der Waals surface area contributed by atoms with Crippen LogP contribution in [0.2, 0.25) is 0 Å². The number of nitrogens with two attached hydrogens (primary N) is 2. The van der Waals surface area contributed by atoms with Crippen molar-refractivity contribution in [2.24, 2.45) is 17.4 Å². The molecule has 35 heavy (non-hydrogen) atoms. The Morgan fingerprint density at radius 3 is 2.54 bits per heavy atom. The fraction of sp³-hybridized carbons (Fsp3) is 0.708. The lowest BCUT2D eigenvalue weighted by Gasteiger charge is -2.31. The summed E-state index contributed by atoms with van der Waals surface area (Å²) in [6.07, 6.45) is 7.51. The van der Waals surface area contributed by atoms with E-state index in [1.807, 2.05) is 28.9 Å². The highest BCUT2D eigenvalue weighted by Gasteiger charge is 2.26. The van der Waals surface area contributed by atoms with E-state index in [1.165, 1.54) is 4.91 Å². The average Bonchev–Trinajstić information content (AvgIpc) is 2.82. The van der Waals surface area contributed by atoms with Crippen LogP contribution in [0.25, 0.3) is 0 Å². The van der Waals surface area contributed by atoms with Gasteiger partial charge in [0, 0.05) is 62.8 Å². The highest BCUT2D eigenvalue weighted by atomic mass is 32.2. The Kier molecular flexibility index (Phi) is 16.5. The van der Waals surface area contributed by atoms with E-state index in [4.69, 9.17) is 11.5 Å². The Morgan fingerprint density at radius 2 is 1.94 bits per heavy atom. The number of carbonyl (C=O) groups is 3. The lowest BCUT2D eigenvalue weighted by molar-refractivity contribution is -0.143. The number of amides is 1. The topological polar surface area (TPSA) is 154 Å². The summed E-state index contributed by atoms with van der Waals surface area (Å²) in [4.78, 5) is 40.5. The number of allylic oxidation sites excluding steroid dienone is 3. The highest BCUT2D eigenvalue weighted by Crippen LogP contribution is 2.30. The van der Waals surface area contributed by atoms with Gasteiger partial charge in [0.2, 0.25) is 5.91 Å². The van der Waals surface area contributed by atoms with E-state index in [1.54, 1.807) is 11.9 Å². The molecule has 0 spiro atoms. The Balaban J connectivity index is 2.58. The maximum Gasteiger partial charge on any atom is 0.320 e. The van der Waals surface area contributed by atoms with E-state index in [9.17, 15) is 19.5 Å². The van der Waals surface area contributed by atoms with Crippen molar-refractivity contribution >= 4 is 30.1 Å². The summed E-state index contributed by atoms with van der Waals surface area (Å²) in [5.74, 6) is -0.891. The molecule has 1 aliphatic carbocycles. The molecule has 0 aromatic carbocycles. The Bertz CT molecular complexity index is 718. The number of aldehydes is 1. The number of carboxylic acid groups (broad SMARTS) is 1. The van der Waals surface area contributed by atoms with Gasteiger partial charge in [-0.1, -0.05) is 26.0 Å². The summed E-state index contributed by atoms with van der Waals surface area (Å²) < 4.78 is 3.31. The first-order chi connectivity index (χ1) is 16.9. The van der Waals surface area contributed by atoms with Gasteiger partial charge >= 0.3 is 5.97 Å². The molecule has 200 valence electrons. The maximum atomic E-state index is 12.7. The molecule has 0 radical (unpaired) electrons. The van der Waals surface area contributed by atoms with E-state index in [2.05, 4.69) is 17.0 Å². The summed E-state index contributed by atoms with van der Waals surface area (Å²) in [5.41, 5.74) is 12.1. The third-order valence-corrected chi connectivity index (χ3v) is 6.78. The zero-order chi connectivity index (χ0) is 26.1. The van der Waals surface area contributed by atoms with Gasteiger partial charge in [-0.2, -0.15) is 0 Å². The molecule has 1 amide bonds. The molecular formula is C24H44N6O4S. The first kappa shape index (κ1) is 31.3. The van der Waals surface area contributed by atoms with Crippen molar-refractivity contribution in [2.75, 3.05) is 58.9 Å². The first-order valence-electron chi connectivity index (χ1n) is 12.5. The van der Waals surface area contributed by atoms with Crippen LogP contribution in [-0.2, 0) is 14.4 Å². The maximum absolute atomic E-state index is 12.7. The molecule has 0 fully saturated rings. The minimum absolute atomic E-state index is 0.101. The SMILES string of the molecule is CCCNSC1=CC=C(C(=O)NCCCC(C(=O)O)N(CCN)CCN(CC=O)CCN)C(C)C1. The predicted octanol–water partition coefficient (Wildman–Crippen LogP) is 0.554. The van der Waals surface area contributed by atoms with Gasteiger partial charge < -0.3 is 26.7 Å². The minimum Gasteiger partial charge on any atom is -0.480 e. The number of hydrogen-bond donors (Lipinski definition) is 5. The number of rotatable bonds is 20. The molecule has 0 saturated carbocycles. The molecular weight excluding hydrogens is 468 g/mol. The lowest BCUT2D eigenvalue weighted by atomic mass is 9.92. The van der Waals surface area contributed by atoms with Gasteiger partial charge in [0.25, 0.3) is 0 Å². The number of carbonyl (C=O) groups excluding carboxylic acids is 2. The summed E-state index contributed by atoms with van der Waals surface area (Å²) in [5, 5.41) is 12.8. The smallest absolute Gasteiger partial charge is 0.320 e. The lowest BCUT2D eigenvalue weighted by Crippen LogP contribution is -2.48. The number of aliphatic carboxylic acids is 1. The Hall–Kier alpha value is -1.76. The second-order valence-corrected chi connectivity index (χ2v) is 9.71. The molecule has 11 heteroatoms. The van der Waals surface area contributed by atoms with Crippen molar-refractivity contribution < 1.29 is 19.5 Å². The standard InChI is InChI=1S/C24H44N6O4S/c1-3-10-28-35-20-6-7-21(19(2)18-20)23(32)27-11-4-5-22(24(33)34)30(13-9-26)15-14-29(12-8-25)16-17-31/h6-7,17,19,22,28H,3-5,8-16,18,25-26H2,1-2H3,(H,27,32)(H,33,34). The Labute approximate surface area is 214 Å². The van der Waals surface area contributed by atoms with Crippen molar-refractivity contribution in [3.05, 3.63) is 22.6 Å². The third kappa shape index (κ3) is 12.2. The van der Waals surface area contributed by atoms with Crippen molar-refractivity contribution in [2.45, 2.75) is 45.6 Å². The van der Waals surface area contributed by atoms with Crippen LogP contribution >= 0.6 is 11.9 Å². The fourth-order valence-electron chi connectivity index (χ4n) is 3.95. The molecule has 1 rings (SSSR count). The third-order valence-electron chi connectivity index (χ3n) is 5.87. The zero-order valence-electron chi connectivity index (χ0n) is 21.2. The van der Waals surface area contributed by atoms with Crippen LogP contribution in [0.3, 0.4) is 0 Å². The molecule has 0 aliphatic heterocycles. The molecule has 0 aromatic rings. The van der Waals surface area contributed by atoms with Crippen LogP contribution in [0, 0.1) is 5.92 Å². The largest absolute Gasteiger partial charge is 0.480 e. The van der Waals surface area contributed by atoms with Crippen LogP contribution in [-0.4, -0.2) is 98.0 Å². The van der Waals surface area contributed by atoms with Gasteiger partial charge in [-0.3, -0.25) is 24.1 Å². The van der Waals surface area contributed by atoms with E-state index < -0.39 is 12.0 Å². The molecule has 0 saturated heterocycles. The summed E-state index contributed by atoms with van der Waals surface area (Å²) in [7, 11) is 0. The number of hydrogen-bond acceptors (Lipinski definition) is 9. The van der Waals surface area contributed by atoms with Crippen LogP contribution < -0.4 is 21.5 Å². The summed E-state index contributed by atoms with van der Waals surface area (Å²) >= 11 is 1.62. The van der Waals surface area contributed by atoms with Crippen LogP contribution in [0.1, 0.15) is 39.5 Å². The summed E-state index contributed by atoms with van der Waals surface area (Å²) in [6.45, 7) is 8.53. The number of carboxylic acids is 1. The molecule has 0 bridgehead atoms. The zero-order valence-corrected chi connectivity index (χ0v) is 22.0. The monoisotopic (exact) mass is 512 g/mol. The molecule has 0 heterocycles. The fourth-order valence-corrected chi connectivity index (χ4v) is 4.91. The Morgan fingerprint density at radius 1 is 1.20 bits per heavy atom. The van der Waals surface area contributed by atoms with E-state index >= 15 is 0 Å². The van der Waals surface area contributed by atoms with Crippen LogP contribution in [0.5, 0.6) is 0 Å². The molecule has 1 aliphatic rings. The minimum atomic E-state index is -0.916. The van der Waals surface area contributed by atoms with Gasteiger partial charge in [0.1, 0.15) is 12.3 Å². The van der Waals surface area contributed by atoms with Crippen molar-refractivity contribution in [3.63, 3.8) is 0 Å². The van der Waals surface area contributed by atoms with Gasteiger partial charge in [0.05, 0.1) is 6.54 Å². The predicted molar refractivity (Wildman–Crippen MR) is 142 cm³/mol. The molecule has 10 nitrogen and oxygen atoms in total. The highest BCUT2D eigenvalue weighted by molar-refractivity contribution is 8.01. The van der Waals surface area contributed by atoms with Gasteiger partial charge in [-0.15, -0.1) is 0 Å². The van der Waals surface area contributed by atoms with E-state index in [-0.39, 0.29) is 18.4 Å². The molecule has 2 atom stereocenters. The van der Waals surface area contributed by atoms with Crippen LogP contribution in [0.4, 0.5) is 0 Å². The summed E-state index contributed by atoms with van der Waals surface area (Å²) in [6, 6.07) is -0.711. The first-order valence-corrected chi connectivity index (χ1v) is 13.3. The van der Waals surface area contributed by atoms with Crippen LogP contribution in [0.15, 0.2) is 22.6 Å². The van der Waals surface area contributed by atoms with Gasteiger partial charge in [-0.25, -0.2) is 0 Å². The van der Waals surface area contributed by atoms with Crippen molar-refractivity contribution in [3.8, 4) is 0 Å². The van der Waals surface area contributed by atoms with E-state index in [0.29, 0.717) is 58.7 Å². The normalized spacial score (nSPS) is 16.7. The van der Waals surface area contributed by atoms with Crippen molar-refractivity contribution in [1.82, 2.24) is 19.8 Å². The molecule has 7 N–H and O–H groups in total. The van der Waals surface area contributed by atoms with Gasteiger partial charge in [-0.05, 0) is 43.5 Å². The second kappa shape index (κ2) is 18.5. The molecule has 2 unspecified atom stereocenters. The average molecular weight is 513 g/mol. The quantitative estimate of drug-likeness (QED) is 0.0887. The number of nitrogens with one attached hydrogen (secondary N) is 2. The van der Waals surface area contributed by atoms with E-state index in [0.717, 1.165) is 31.2 Å². The second-order valence-electron chi connectivity index (χ2n) is 8.69. The molecule has 0 aromatic heterocycles. The van der Waals surface area contributed by atoms with Crippen molar-refractivity contribution in [1.29, 1.82) is 0 Å². The van der Waals surface area contributed by atoms with Gasteiger partial charge in [0.15, 0.2) is 0 Å². The number of nitrogens with zero attached hydrogens (tertiary/aromatic N) is 2.